The lowest BCUT2D eigenvalue weighted by Gasteiger charge is -2.06. The van der Waals surface area contributed by atoms with Crippen LogP contribution in [0, 0.1) is 35.3 Å². The Hall–Kier alpha value is -2.72. The van der Waals surface area contributed by atoms with Crippen molar-refractivity contribution in [2.24, 2.45) is 0 Å². The predicted octanol–water partition coefficient (Wildman–Crippen LogP) is 3.64. The van der Waals surface area contributed by atoms with Gasteiger partial charge in [-0.3, -0.25) is 10.1 Å². The molecule has 1 aromatic carbocycles. The number of nitrogens with zero attached hydrogens (tertiary/aromatic N) is 3. The van der Waals surface area contributed by atoms with Gasteiger partial charge in [-0.2, -0.15) is 5.26 Å². The predicted molar refractivity (Wildman–Crippen MR) is 81.9 cm³/mol. The number of para-hydroxylation sites is 1. The van der Waals surface area contributed by atoms with Crippen LogP contribution in [0.3, 0.4) is 0 Å². The van der Waals surface area contributed by atoms with Gasteiger partial charge in [-0.25, -0.2) is 4.98 Å². The van der Waals surface area contributed by atoms with Crippen LogP contribution in [-0.2, 0) is 0 Å². The Morgan fingerprint density at radius 2 is 2.29 bits per heavy atom. The van der Waals surface area contributed by atoms with Crippen LogP contribution >= 0.6 is 11.3 Å². The molecule has 0 atom stereocenters. The maximum atomic E-state index is 11.0. The number of anilines is 1. The Kier molecular flexibility index (Phi) is 4.30. The number of nitro benzene ring substituents is 1. The summed E-state index contributed by atoms with van der Waals surface area (Å²) in [5, 5.41) is 25.5. The Balaban J connectivity index is 2.36. The second-order valence-electron chi connectivity index (χ2n) is 4.33. The lowest BCUT2D eigenvalue weighted by Crippen LogP contribution is -1.99. The van der Waals surface area contributed by atoms with Gasteiger partial charge in [0.15, 0.2) is 0 Å². The standard InChI is InChI=1S/C14H12N4O2S/c1-9-4-3-5-12(18(19)20)13(9)16-7-11(6-15)14-17-10(2)8-21-14/h3-5,7-8,16H,1-2H3/b11-7+. The van der Waals surface area contributed by atoms with Crippen molar-refractivity contribution >= 4 is 28.3 Å². The second kappa shape index (κ2) is 6.15. The van der Waals surface area contributed by atoms with E-state index >= 15 is 0 Å². The zero-order valence-corrected chi connectivity index (χ0v) is 12.3. The molecule has 1 N–H and O–H groups in total. The third kappa shape index (κ3) is 3.24. The first-order valence-electron chi connectivity index (χ1n) is 6.06. The molecule has 2 rings (SSSR count). The number of hydrogen-bond donors (Lipinski definition) is 1. The number of nitrogens with one attached hydrogen (secondary N) is 1. The largest absolute Gasteiger partial charge is 0.355 e. The summed E-state index contributed by atoms with van der Waals surface area (Å²) >= 11 is 1.36. The molecular weight excluding hydrogens is 288 g/mol. The smallest absolute Gasteiger partial charge is 0.292 e. The first-order valence-corrected chi connectivity index (χ1v) is 6.94. The minimum absolute atomic E-state index is 0.0288. The van der Waals surface area contributed by atoms with Gasteiger partial charge in [0.2, 0.25) is 0 Å². The molecule has 106 valence electrons. The molecule has 0 amide bonds. The molecule has 1 heterocycles. The van der Waals surface area contributed by atoms with Crippen LogP contribution in [-0.4, -0.2) is 9.91 Å². The van der Waals surface area contributed by atoms with Gasteiger partial charge in [-0.1, -0.05) is 12.1 Å². The van der Waals surface area contributed by atoms with E-state index in [0.717, 1.165) is 11.3 Å². The van der Waals surface area contributed by atoms with Crippen molar-refractivity contribution in [1.29, 1.82) is 5.26 Å². The average Bonchev–Trinajstić information content (AvgIpc) is 2.87. The molecule has 0 bridgehead atoms. The highest BCUT2D eigenvalue weighted by atomic mass is 32.1. The fourth-order valence-corrected chi connectivity index (χ4v) is 2.52. The molecule has 6 nitrogen and oxygen atoms in total. The molecule has 0 aliphatic heterocycles. The molecular formula is C14H12N4O2S. The van der Waals surface area contributed by atoms with Crippen LogP contribution in [0.4, 0.5) is 11.4 Å². The lowest BCUT2D eigenvalue weighted by atomic mass is 10.1. The molecule has 0 radical (unpaired) electrons. The monoisotopic (exact) mass is 300 g/mol. The summed E-state index contributed by atoms with van der Waals surface area (Å²) in [5.41, 5.74) is 2.25. The highest BCUT2D eigenvalue weighted by molar-refractivity contribution is 7.10. The number of hydrogen-bond acceptors (Lipinski definition) is 6. The summed E-state index contributed by atoms with van der Waals surface area (Å²) in [4.78, 5) is 14.8. The number of nitriles is 1. The van der Waals surface area contributed by atoms with Gasteiger partial charge < -0.3 is 5.32 Å². The number of aromatic nitrogens is 1. The Bertz CT molecular complexity index is 759. The van der Waals surface area contributed by atoms with Gasteiger partial charge in [0.05, 0.1) is 4.92 Å². The topological polar surface area (TPSA) is 91.8 Å². The Morgan fingerprint density at radius 3 is 2.86 bits per heavy atom. The van der Waals surface area contributed by atoms with Crippen molar-refractivity contribution in [3.05, 3.63) is 56.2 Å². The summed E-state index contributed by atoms with van der Waals surface area (Å²) in [5.74, 6) is 0. The van der Waals surface area contributed by atoms with Crippen LogP contribution in [0.1, 0.15) is 16.3 Å². The van der Waals surface area contributed by atoms with E-state index in [2.05, 4.69) is 10.3 Å². The zero-order valence-electron chi connectivity index (χ0n) is 11.5. The highest BCUT2D eigenvalue weighted by Gasteiger charge is 2.15. The third-order valence-corrected chi connectivity index (χ3v) is 3.77. The molecule has 7 heteroatoms. The number of rotatable bonds is 4. The van der Waals surface area contributed by atoms with E-state index < -0.39 is 4.92 Å². The molecule has 21 heavy (non-hydrogen) atoms. The van der Waals surface area contributed by atoms with Gasteiger partial charge >= 0.3 is 0 Å². The maximum absolute atomic E-state index is 11.0. The summed E-state index contributed by atoms with van der Waals surface area (Å²) in [6.07, 6.45) is 1.45. The van der Waals surface area contributed by atoms with Gasteiger partial charge in [0, 0.05) is 23.3 Å². The fourth-order valence-electron chi connectivity index (χ4n) is 1.76. The summed E-state index contributed by atoms with van der Waals surface area (Å²) < 4.78 is 0. The van der Waals surface area contributed by atoms with Crippen LogP contribution in [0.15, 0.2) is 29.8 Å². The molecule has 1 aromatic heterocycles. The SMILES string of the molecule is Cc1csc(/C(C#N)=C/Nc2c(C)cccc2[N+](=O)[O-])n1. The van der Waals surface area contributed by atoms with E-state index in [1.165, 1.54) is 23.6 Å². The number of nitro groups is 1. The number of aryl methyl sites for hydroxylation is 2. The van der Waals surface area contributed by atoms with E-state index in [9.17, 15) is 15.4 Å². The number of benzene rings is 1. The normalized spacial score (nSPS) is 11.0. The van der Waals surface area contributed by atoms with E-state index in [1.54, 1.807) is 19.1 Å². The van der Waals surface area contributed by atoms with Crippen molar-refractivity contribution in [2.45, 2.75) is 13.8 Å². The Labute approximate surface area is 125 Å². The summed E-state index contributed by atoms with van der Waals surface area (Å²) in [7, 11) is 0. The molecule has 0 saturated carbocycles. The second-order valence-corrected chi connectivity index (χ2v) is 5.19. The maximum Gasteiger partial charge on any atom is 0.292 e. The number of allylic oxidation sites excluding steroid dienone is 1. The van der Waals surface area contributed by atoms with Crippen molar-refractivity contribution in [3.63, 3.8) is 0 Å². The number of thiazole rings is 1. The van der Waals surface area contributed by atoms with Crippen molar-refractivity contribution < 1.29 is 4.92 Å². The Morgan fingerprint density at radius 1 is 1.52 bits per heavy atom. The molecule has 2 aromatic rings. The minimum atomic E-state index is -0.456. The first-order chi connectivity index (χ1) is 10.0. The molecule has 0 spiro atoms. The molecule has 0 aliphatic carbocycles. The van der Waals surface area contributed by atoms with E-state index in [0.29, 0.717) is 16.3 Å². The quantitative estimate of drug-likeness (QED) is 0.528. The van der Waals surface area contributed by atoms with Crippen LogP contribution in [0.2, 0.25) is 0 Å². The molecule has 0 unspecified atom stereocenters. The van der Waals surface area contributed by atoms with Crippen molar-refractivity contribution in [1.82, 2.24) is 4.98 Å². The summed E-state index contributed by atoms with van der Waals surface area (Å²) in [6.45, 7) is 3.61. The molecule has 0 saturated heterocycles. The van der Waals surface area contributed by atoms with Gasteiger partial charge in [0.1, 0.15) is 22.3 Å². The summed E-state index contributed by atoms with van der Waals surface area (Å²) in [6, 6.07) is 6.86. The molecule has 0 fully saturated rings. The average molecular weight is 300 g/mol. The lowest BCUT2D eigenvalue weighted by molar-refractivity contribution is -0.384. The van der Waals surface area contributed by atoms with E-state index in [-0.39, 0.29) is 5.69 Å². The van der Waals surface area contributed by atoms with Crippen LogP contribution < -0.4 is 5.32 Å². The van der Waals surface area contributed by atoms with Gasteiger partial charge in [-0.15, -0.1) is 11.3 Å². The van der Waals surface area contributed by atoms with E-state index in [1.807, 2.05) is 18.4 Å². The van der Waals surface area contributed by atoms with Crippen molar-refractivity contribution in [2.75, 3.05) is 5.32 Å². The fraction of sp³-hybridized carbons (Fsp3) is 0.143. The molecule has 0 aliphatic rings. The third-order valence-electron chi connectivity index (χ3n) is 2.78. The van der Waals surface area contributed by atoms with E-state index in [4.69, 9.17) is 0 Å². The first kappa shape index (κ1) is 14.7. The van der Waals surface area contributed by atoms with Gasteiger partial charge in [-0.05, 0) is 19.4 Å². The zero-order chi connectivity index (χ0) is 15.4. The van der Waals surface area contributed by atoms with Gasteiger partial charge in [0.25, 0.3) is 5.69 Å². The van der Waals surface area contributed by atoms with Crippen LogP contribution in [0.25, 0.3) is 5.57 Å². The van der Waals surface area contributed by atoms with Crippen LogP contribution in [0.5, 0.6) is 0 Å². The van der Waals surface area contributed by atoms with Crippen molar-refractivity contribution in [3.8, 4) is 6.07 Å². The minimum Gasteiger partial charge on any atom is -0.355 e. The highest BCUT2D eigenvalue weighted by Crippen LogP contribution is 2.28.